The number of aryl methyl sites for hydroxylation is 1. The summed E-state index contributed by atoms with van der Waals surface area (Å²) in [5.74, 6) is -1.31. The quantitative estimate of drug-likeness (QED) is 0.909. The lowest BCUT2D eigenvalue weighted by Gasteiger charge is -2.11. The first-order valence-electron chi connectivity index (χ1n) is 6.41. The third-order valence-corrected chi connectivity index (χ3v) is 2.92. The number of carbonyl (C=O) groups is 2. The maximum absolute atomic E-state index is 13.6. The minimum absolute atomic E-state index is 0.0261. The number of halogens is 1. The van der Waals surface area contributed by atoms with Gasteiger partial charge >= 0.3 is 0 Å². The highest BCUT2D eigenvalue weighted by Gasteiger charge is 2.12. The molecule has 5 heteroatoms. The second-order valence-corrected chi connectivity index (χ2v) is 4.64. The summed E-state index contributed by atoms with van der Waals surface area (Å²) >= 11 is 0. The molecule has 0 heterocycles. The van der Waals surface area contributed by atoms with Gasteiger partial charge in [0, 0.05) is 18.3 Å². The molecule has 0 aromatic heterocycles. The molecule has 0 spiro atoms. The first-order valence-corrected chi connectivity index (χ1v) is 6.41. The standard InChI is InChI=1S/C16H15FN2O2/c1-10-7-8-12(18-11(2)20)9-15(10)19-16(21)13-5-3-4-6-14(13)17/h3-9H,1-2H3,(H,18,20)(H,19,21). The van der Waals surface area contributed by atoms with Crippen LogP contribution in [0.3, 0.4) is 0 Å². The predicted molar refractivity (Wildman–Crippen MR) is 79.8 cm³/mol. The number of carbonyl (C=O) groups excluding carboxylic acids is 2. The summed E-state index contributed by atoms with van der Waals surface area (Å²) in [5.41, 5.74) is 1.88. The summed E-state index contributed by atoms with van der Waals surface area (Å²) in [5, 5.41) is 5.28. The molecule has 4 nitrogen and oxygen atoms in total. The molecule has 0 radical (unpaired) electrons. The molecule has 0 saturated heterocycles. The Hall–Kier alpha value is -2.69. The summed E-state index contributed by atoms with van der Waals surface area (Å²) in [7, 11) is 0. The second-order valence-electron chi connectivity index (χ2n) is 4.64. The summed E-state index contributed by atoms with van der Waals surface area (Å²) in [6.07, 6.45) is 0. The molecule has 0 aliphatic heterocycles. The van der Waals surface area contributed by atoms with Gasteiger partial charge in [-0.1, -0.05) is 18.2 Å². The highest BCUT2D eigenvalue weighted by atomic mass is 19.1. The topological polar surface area (TPSA) is 58.2 Å². The zero-order valence-corrected chi connectivity index (χ0v) is 11.7. The van der Waals surface area contributed by atoms with Gasteiger partial charge < -0.3 is 10.6 Å². The number of rotatable bonds is 3. The molecular formula is C16H15FN2O2. The predicted octanol–water partition coefficient (Wildman–Crippen LogP) is 3.34. The largest absolute Gasteiger partial charge is 0.326 e. The Morgan fingerprint density at radius 1 is 1.05 bits per heavy atom. The van der Waals surface area contributed by atoms with E-state index in [9.17, 15) is 14.0 Å². The first-order chi connectivity index (χ1) is 9.97. The van der Waals surface area contributed by atoms with Gasteiger partial charge in [0.05, 0.1) is 5.56 Å². The Bertz CT molecular complexity index is 698. The van der Waals surface area contributed by atoms with E-state index in [1.54, 1.807) is 24.3 Å². The van der Waals surface area contributed by atoms with Gasteiger partial charge in [-0.25, -0.2) is 4.39 Å². The van der Waals surface area contributed by atoms with Crippen LogP contribution in [0.15, 0.2) is 42.5 Å². The molecule has 21 heavy (non-hydrogen) atoms. The highest BCUT2D eigenvalue weighted by molar-refractivity contribution is 6.05. The van der Waals surface area contributed by atoms with E-state index in [0.717, 1.165) is 5.56 Å². The molecule has 0 unspecified atom stereocenters. The van der Waals surface area contributed by atoms with Gasteiger partial charge in [-0.05, 0) is 36.8 Å². The van der Waals surface area contributed by atoms with E-state index in [0.29, 0.717) is 11.4 Å². The van der Waals surface area contributed by atoms with Crippen LogP contribution in [0, 0.1) is 12.7 Å². The fourth-order valence-electron chi connectivity index (χ4n) is 1.87. The number of hydrogen-bond donors (Lipinski definition) is 2. The molecule has 2 aromatic rings. The van der Waals surface area contributed by atoms with Gasteiger partial charge in [0.25, 0.3) is 5.91 Å². The number of nitrogens with one attached hydrogen (secondary N) is 2. The van der Waals surface area contributed by atoms with Crippen molar-refractivity contribution < 1.29 is 14.0 Å². The maximum atomic E-state index is 13.6. The lowest BCUT2D eigenvalue weighted by Crippen LogP contribution is -2.15. The van der Waals surface area contributed by atoms with E-state index < -0.39 is 11.7 Å². The molecule has 2 amide bonds. The van der Waals surface area contributed by atoms with Gasteiger partial charge in [-0.15, -0.1) is 0 Å². The van der Waals surface area contributed by atoms with Crippen LogP contribution < -0.4 is 10.6 Å². The van der Waals surface area contributed by atoms with E-state index in [1.165, 1.54) is 25.1 Å². The number of anilines is 2. The Labute approximate surface area is 122 Å². The van der Waals surface area contributed by atoms with Crippen molar-refractivity contribution in [1.82, 2.24) is 0 Å². The van der Waals surface area contributed by atoms with Crippen molar-refractivity contribution in [3.8, 4) is 0 Å². The third-order valence-electron chi connectivity index (χ3n) is 2.92. The molecule has 108 valence electrons. The smallest absolute Gasteiger partial charge is 0.258 e. The summed E-state index contributed by atoms with van der Waals surface area (Å²) in [6, 6.07) is 10.9. The minimum atomic E-state index is -0.578. The van der Waals surface area contributed by atoms with Crippen molar-refractivity contribution in [1.29, 1.82) is 0 Å². The van der Waals surface area contributed by atoms with Crippen molar-refractivity contribution >= 4 is 23.2 Å². The van der Waals surface area contributed by atoms with Crippen LogP contribution in [0.25, 0.3) is 0 Å². The Kier molecular flexibility index (Phi) is 4.33. The average molecular weight is 286 g/mol. The molecule has 0 fully saturated rings. The van der Waals surface area contributed by atoms with Gasteiger partial charge in [-0.2, -0.15) is 0 Å². The fraction of sp³-hybridized carbons (Fsp3) is 0.125. The molecule has 0 aliphatic rings. The summed E-state index contributed by atoms with van der Waals surface area (Å²) < 4.78 is 13.6. The van der Waals surface area contributed by atoms with Crippen molar-refractivity contribution in [3.05, 3.63) is 59.4 Å². The Morgan fingerprint density at radius 2 is 1.76 bits per heavy atom. The summed E-state index contributed by atoms with van der Waals surface area (Å²) in [4.78, 5) is 23.1. The number of benzene rings is 2. The van der Waals surface area contributed by atoms with Crippen LogP contribution in [0.5, 0.6) is 0 Å². The van der Waals surface area contributed by atoms with Crippen molar-refractivity contribution in [3.63, 3.8) is 0 Å². The monoisotopic (exact) mass is 286 g/mol. The molecule has 2 N–H and O–H groups in total. The molecule has 0 atom stereocenters. The van der Waals surface area contributed by atoms with Crippen LogP contribution >= 0.6 is 0 Å². The van der Waals surface area contributed by atoms with Crippen molar-refractivity contribution in [2.45, 2.75) is 13.8 Å². The molecule has 2 rings (SSSR count). The van der Waals surface area contributed by atoms with Gasteiger partial charge in [-0.3, -0.25) is 9.59 Å². The van der Waals surface area contributed by atoms with E-state index in [2.05, 4.69) is 10.6 Å². The van der Waals surface area contributed by atoms with E-state index >= 15 is 0 Å². The number of amides is 2. The fourth-order valence-corrected chi connectivity index (χ4v) is 1.87. The minimum Gasteiger partial charge on any atom is -0.326 e. The number of hydrogen-bond acceptors (Lipinski definition) is 2. The van der Waals surface area contributed by atoms with Gasteiger partial charge in [0.2, 0.25) is 5.91 Å². The van der Waals surface area contributed by atoms with Gasteiger partial charge in [0.1, 0.15) is 5.82 Å². The lowest BCUT2D eigenvalue weighted by atomic mass is 10.1. The molecule has 0 aliphatic carbocycles. The Morgan fingerprint density at radius 3 is 2.43 bits per heavy atom. The second kappa shape index (κ2) is 6.17. The zero-order valence-electron chi connectivity index (χ0n) is 11.7. The molecule has 2 aromatic carbocycles. The normalized spacial score (nSPS) is 10.0. The summed E-state index contributed by atoms with van der Waals surface area (Å²) in [6.45, 7) is 3.21. The SMILES string of the molecule is CC(=O)Nc1ccc(C)c(NC(=O)c2ccccc2F)c1. The average Bonchev–Trinajstić information content (AvgIpc) is 2.42. The lowest BCUT2D eigenvalue weighted by molar-refractivity contribution is -0.114. The van der Waals surface area contributed by atoms with Gasteiger partial charge in [0.15, 0.2) is 0 Å². The van der Waals surface area contributed by atoms with Crippen LogP contribution in [0.1, 0.15) is 22.8 Å². The molecular weight excluding hydrogens is 271 g/mol. The van der Waals surface area contributed by atoms with E-state index in [1.807, 2.05) is 6.92 Å². The molecule has 0 bridgehead atoms. The highest BCUT2D eigenvalue weighted by Crippen LogP contribution is 2.21. The van der Waals surface area contributed by atoms with Crippen molar-refractivity contribution in [2.75, 3.05) is 10.6 Å². The zero-order chi connectivity index (χ0) is 15.4. The van der Waals surface area contributed by atoms with Crippen LogP contribution in [0.2, 0.25) is 0 Å². The van der Waals surface area contributed by atoms with Crippen LogP contribution in [0.4, 0.5) is 15.8 Å². The maximum Gasteiger partial charge on any atom is 0.258 e. The first kappa shape index (κ1) is 14.7. The van der Waals surface area contributed by atoms with Crippen molar-refractivity contribution in [2.24, 2.45) is 0 Å². The Balaban J connectivity index is 2.24. The van der Waals surface area contributed by atoms with Crippen LogP contribution in [-0.4, -0.2) is 11.8 Å². The van der Waals surface area contributed by atoms with E-state index in [4.69, 9.17) is 0 Å². The molecule has 0 saturated carbocycles. The third kappa shape index (κ3) is 3.66. The van der Waals surface area contributed by atoms with Crippen LogP contribution in [-0.2, 0) is 4.79 Å². The van der Waals surface area contributed by atoms with E-state index in [-0.39, 0.29) is 11.5 Å².